The van der Waals surface area contributed by atoms with Crippen molar-refractivity contribution < 1.29 is 9.53 Å². The van der Waals surface area contributed by atoms with Gasteiger partial charge in [-0.05, 0) is 19.3 Å². The molecule has 0 rings (SSSR count). The van der Waals surface area contributed by atoms with Gasteiger partial charge in [0.15, 0.2) is 0 Å². The van der Waals surface area contributed by atoms with Crippen molar-refractivity contribution in [2.45, 2.75) is 40.0 Å². The summed E-state index contributed by atoms with van der Waals surface area (Å²) in [5, 5.41) is 0. The lowest BCUT2D eigenvalue weighted by atomic mass is 10.0. The monoisotopic (exact) mass is 199 g/mol. The molecule has 0 spiro atoms. The third-order valence-electron chi connectivity index (χ3n) is 1.96. The second-order valence-electron chi connectivity index (χ2n) is 3.57. The van der Waals surface area contributed by atoms with Crippen LogP contribution in [0.3, 0.4) is 0 Å². The molecule has 0 aliphatic heterocycles. The smallest absolute Gasteiger partial charge is 0.332 e. The second kappa shape index (κ2) is 7.42. The zero-order chi connectivity index (χ0) is 11.0. The summed E-state index contributed by atoms with van der Waals surface area (Å²) in [6.45, 7) is 6.45. The predicted octanol–water partition coefficient (Wildman–Crippen LogP) is 2.22. The van der Waals surface area contributed by atoms with Gasteiger partial charge in [0.25, 0.3) is 0 Å². The number of hydrogen-bond acceptors (Lipinski definition) is 3. The first-order valence-electron chi connectivity index (χ1n) is 5.22. The molecule has 0 aliphatic carbocycles. The molecular formula is C11H21NO2. The van der Waals surface area contributed by atoms with Gasteiger partial charge < -0.3 is 10.5 Å². The van der Waals surface area contributed by atoms with Crippen molar-refractivity contribution in [3.8, 4) is 0 Å². The van der Waals surface area contributed by atoms with E-state index >= 15 is 0 Å². The number of hydrogen-bond donors (Lipinski definition) is 1. The molecule has 0 aliphatic rings. The lowest BCUT2D eigenvalue weighted by Crippen LogP contribution is -2.08. The van der Waals surface area contributed by atoms with E-state index in [9.17, 15) is 4.79 Å². The third-order valence-corrected chi connectivity index (χ3v) is 1.96. The molecule has 0 radical (unpaired) electrons. The van der Waals surface area contributed by atoms with Crippen LogP contribution in [0.1, 0.15) is 40.0 Å². The third kappa shape index (κ3) is 6.52. The fourth-order valence-electron chi connectivity index (χ4n) is 1.39. The van der Waals surface area contributed by atoms with Crippen LogP contribution in [0.2, 0.25) is 0 Å². The highest BCUT2D eigenvalue weighted by molar-refractivity contribution is 5.82. The molecule has 0 saturated carbocycles. The fraction of sp³-hybridized carbons (Fsp3) is 0.727. The maximum Gasteiger partial charge on any atom is 0.332 e. The Bertz CT molecular complexity index is 199. The number of nitrogens with two attached hydrogens (primary N) is 1. The van der Waals surface area contributed by atoms with E-state index in [1.807, 2.05) is 0 Å². The number of allylic oxidation sites excluding steroid dienone is 1. The lowest BCUT2D eigenvalue weighted by molar-refractivity contribution is -0.137. The summed E-state index contributed by atoms with van der Waals surface area (Å²) < 4.78 is 4.76. The number of rotatable bonds is 6. The maximum absolute atomic E-state index is 11.0. The molecule has 1 atom stereocenters. The quantitative estimate of drug-likeness (QED) is 0.527. The Morgan fingerprint density at radius 2 is 2.14 bits per heavy atom. The van der Waals surface area contributed by atoms with Crippen LogP contribution >= 0.6 is 0 Å². The Labute approximate surface area is 86.3 Å². The van der Waals surface area contributed by atoms with Gasteiger partial charge in [-0.1, -0.05) is 26.7 Å². The van der Waals surface area contributed by atoms with Crippen LogP contribution in [-0.2, 0) is 9.53 Å². The van der Waals surface area contributed by atoms with Gasteiger partial charge in [-0.25, -0.2) is 4.79 Å². The van der Waals surface area contributed by atoms with Crippen molar-refractivity contribution in [2.75, 3.05) is 6.61 Å². The Balaban J connectivity index is 3.92. The van der Waals surface area contributed by atoms with Crippen molar-refractivity contribution in [1.82, 2.24) is 0 Å². The number of carbonyl (C=O) groups excluding carboxylic acids is 1. The first-order valence-corrected chi connectivity index (χ1v) is 5.22. The van der Waals surface area contributed by atoms with E-state index < -0.39 is 0 Å². The first-order chi connectivity index (χ1) is 6.60. The molecule has 0 heterocycles. The molecule has 0 amide bonds. The molecule has 0 unspecified atom stereocenters. The molecule has 0 bridgehead atoms. The van der Waals surface area contributed by atoms with Gasteiger partial charge in [-0.2, -0.15) is 0 Å². The average molecular weight is 199 g/mol. The summed E-state index contributed by atoms with van der Waals surface area (Å²) in [5.74, 6) is 0.194. The standard InChI is InChI=1S/C11H21NO2/c1-4-6-9(3)7-10(12)8-11(13)14-5-2/h8-9H,4-7,12H2,1-3H3/t9-/m1/s1. The highest BCUT2D eigenvalue weighted by atomic mass is 16.5. The van der Waals surface area contributed by atoms with Gasteiger partial charge >= 0.3 is 5.97 Å². The van der Waals surface area contributed by atoms with Crippen LogP contribution in [0.4, 0.5) is 0 Å². The largest absolute Gasteiger partial charge is 0.463 e. The Morgan fingerprint density at radius 1 is 1.50 bits per heavy atom. The van der Waals surface area contributed by atoms with Gasteiger partial charge in [-0.3, -0.25) is 0 Å². The van der Waals surface area contributed by atoms with Gasteiger partial charge in [0.05, 0.1) is 6.61 Å². The minimum absolute atomic E-state index is 0.339. The minimum atomic E-state index is -0.339. The van der Waals surface area contributed by atoms with Gasteiger partial charge in [0.2, 0.25) is 0 Å². The zero-order valence-corrected chi connectivity index (χ0v) is 9.38. The summed E-state index contributed by atoms with van der Waals surface area (Å²) in [6, 6.07) is 0. The van der Waals surface area contributed by atoms with E-state index in [2.05, 4.69) is 13.8 Å². The van der Waals surface area contributed by atoms with Crippen LogP contribution in [0.5, 0.6) is 0 Å². The molecule has 0 fully saturated rings. The second-order valence-corrected chi connectivity index (χ2v) is 3.57. The summed E-state index contributed by atoms with van der Waals surface area (Å²) in [5.41, 5.74) is 6.31. The van der Waals surface area contributed by atoms with Crippen LogP contribution in [-0.4, -0.2) is 12.6 Å². The Hall–Kier alpha value is -0.990. The molecule has 2 N–H and O–H groups in total. The van der Waals surface area contributed by atoms with Crippen LogP contribution in [0, 0.1) is 5.92 Å². The minimum Gasteiger partial charge on any atom is -0.463 e. The number of ether oxygens (including phenoxy) is 1. The summed E-state index contributed by atoms with van der Waals surface area (Å²) in [4.78, 5) is 11.0. The van der Waals surface area contributed by atoms with Crippen LogP contribution < -0.4 is 5.73 Å². The molecule has 0 saturated heterocycles. The number of carbonyl (C=O) groups is 1. The topological polar surface area (TPSA) is 52.3 Å². The summed E-state index contributed by atoms with van der Waals surface area (Å²) in [7, 11) is 0. The highest BCUT2D eigenvalue weighted by Gasteiger charge is 2.04. The fourth-order valence-corrected chi connectivity index (χ4v) is 1.39. The average Bonchev–Trinajstić information content (AvgIpc) is 2.03. The van der Waals surface area contributed by atoms with E-state index in [-0.39, 0.29) is 5.97 Å². The maximum atomic E-state index is 11.0. The van der Waals surface area contributed by atoms with Crippen molar-refractivity contribution in [3.63, 3.8) is 0 Å². The SMILES string of the molecule is CCC[C@@H](C)CC(N)=CC(=O)OCC. The van der Waals surface area contributed by atoms with Gasteiger partial charge in [-0.15, -0.1) is 0 Å². The van der Waals surface area contributed by atoms with E-state index in [0.717, 1.165) is 19.3 Å². The summed E-state index contributed by atoms with van der Waals surface area (Å²) >= 11 is 0. The van der Waals surface area contributed by atoms with Crippen LogP contribution in [0.15, 0.2) is 11.8 Å². The van der Waals surface area contributed by atoms with Gasteiger partial charge in [0.1, 0.15) is 0 Å². The summed E-state index contributed by atoms with van der Waals surface area (Å²) in [6.07, 6.45) is 4.44. The predicted molar refractivity (Wildman–Crippen MR) is 57.6 cm³/mol. The molecule has 3 heteroatoms. The first kappa shape index (κ1) is 13.0. The van der Waals surface area contributed by atoms with Crippen molar-refractivity contribution in [3.05, 3.63) is 11.8 Å². The van der Waals surface area contributed by atoms with Gasteiger partial charge in [0, 0.05) is 11.8 Å². The lowest BCUT2D eigenvalue weighted by Gasteiger charge is -2.09. The molecule has 14 heavy (non-hydrogen) atoms. The van der Waals surface area contributed by atoms with Crippen molar-refractivity contribution in [1.29, 1.82) is 0 Å². The van der Waals surface area contributed by atoms with E-state index in [1.165, 1.54) is 6.08 Å². The van der Waals surface area contributed by atoms with Crippen molar-refractivity contribution in [2.24, 2.45) is 11.7 Å². The molecule has 0 aromatic carbocycles. The highest BCUT2D eigenvalue weighted by Crippen LogP contribution is 2.13. The molecule has 82 valence electrons. The Morgan fingerprint density at radius 3 is 2.64 bits per heavy atom. The van der Waals surface area contributed by atoms with E-state index in [4.69, 9.17) is 10.5 Å². The molecule has 3 nitrogen and oxygen atoms in total. The molecule has 0 aromatic heterocycles. The van der Waals surface area contributed by atoms with Crippen molar-refractivity contribution >= 4 is 5.97 Å². The normalized spacial score (nSPS) is 13.8. The number of esters is 1. The van der Waals surface area contributed by atoms with Crippen LogP contribution in [0.25, 0.3) is 0 Å². The van der Waals surface area contributed by atoms with E-state index in [0.29, 0.717) is 18.2 Å². The zero-order valence-electron chi connectivity index (χ0n) is 9.38. The Kier molecular flexibility index (Phi) is 6.89. The molecular weight excluding hydrogens is 178 g/mol. The molecule has 0 aromatic rings. The van der Waals surface area contributed by atoms with E-state index in [1.54, 1.807) is 6.92 Å².